The Kier molecular flexibility index (Phi) is 35.7. The summed E-state index contributed by atoms with van der Waals surface area (Å²) in [5, 5.41) is 0. The molecule has 0 saturated carbocycles. The number of nitrogens with zero attached hydrogens (tertiary/aromatic N) is 1. The van der Waals surface area contributed by atoms with Crippen LogP contribution in [0.5, 0.6) is 0 Å². The molecule has 0 bridgehead atoms. The molecular formula is C45H80NO8P. The SMILES string of the molecule is CCCC/C=C/C/C=C/CCCCCCCC(=O)O[C@H](COC(=O)CCC/C=C/C/C=C/C/C=C/CCCCCCCC)COP(=O)([O-])OCC[N+](C)(C)C. The minimum absolute atomic E-state index is 0.0437. The number of phosphoric acid groups is 1. The highest BCUT2D eigenvalue weighted by Crippen LogP contribution is 2.38. The van der Waals surface area contributed by atoms with Crippen molar-refractivity contribution in [1.82, 2.24) is 0 Å². The molecule has 0 aliphatic rings. The van der Waals surface area contributed by atoms with Gasteiger partial charge in [-0.1, -0.05) is 139 Å². The minimum atomic E-state index is -4.64. The van der Waals surface area contributed by atoms with Gasteiger partial charge >= 0.3 is 11.9 Å². The molecule has 0 aromatic rings. The van der Waals surface area contributed by atoms with E-state index in [-0.39, 0.29) is 26.1 Å². The molecule has 55 heavy (non-hydrogen) atoms. The molecule has 0 rings (SSSR count). The van der Waals surface area contributed by atoms with Crippen molar-refractivity contribution >= 4 is 19.8 Å². The summed E-state index contributed by atoms with van der Waals surface area (Å²) in [7, 11) is 1.12. The van der Waals surface area contributed by atoms with E-state index in [1.165, 1.54) is 51.4 Å². The quantitative estimate of drug-likeness (QED) is 0.0200. The van der Waals surface area contributed by atoms with Crippen molar-refractivity contribution in [3.8, 4) is 0 Å². The molecule has 318 valence electrons. The van der Waals surface area contributed by atoms with Crippen molar-refractivity contribution in [1.29, 1.82) is 0 Å². The zero-order valence-corrected chi connectivity index (χ0v) is 36.5. The van der Waals surface area contributed by atoms with Gasteiger partial charge < -0.3 is 27.9 Å². The summed E-state index contributed by atoms with van der Waals surface area (Å²) in [6, 6.07) is 0. The summed E-state index contributed by atoms with van der Waals surface area (Å²) in [6.07, 6.45) is 44.0. The monoisotopic (exact) mass is 794 g/mol. The molecule has 0 aromatic heterocycles. The Bertz CT molecular complexity index is 1120. The van der Waals surface area contributed by atoms with Crippen LogP contribution in [0.3, 0.4) is 0 Å². The molecule has 0 aliphatic carbocycles. The van der Waals surface area contributed by atoms with E-state index >= 15 is 0 Å². The molecule has 0 N–H and O–H groups in total. The lowest BCUT2D eigenvalue weighted by Gasteiger charge is -2.28. The largest absolute Gasteiger partial charge is 0.756 e. The number of hydrogen-bond acceptors (Lipinski definition) is 8. The number of esters is 2. The van der Waals surface area contributed by atoms with Gasteiger partial charge in [-0.3, -0.25) is 14.2 Å². The van der Waals surface area contributed by atoms with Crippen molar-refractivity contribution in [2.24, 2.45) is 0 Å². The van der Waals surface area contributed by atoms with Gasteiger partial charge in [0.05, 0.1) is 27.7 Å². The minimum Gasteiger partial charge on any atom is -0.756 e. The number of quaternary nitrogens is 1. The predicted molar refractivity (Wildman–Crippen MR) is 226 cm³/mol. The fraction of sp³-hybridized carbons (Fsp3) is 0.733. The number of allylic oxidation sites excluding steroid dienone is 10. The second-order valence-electron chi connectivity index (χ2n) is 15.3. The first-order valence-electron chi connectivity index (χ1n) is 21.5. The normalized spacial score (nSPS) is 14.2. The van der Waals surface area contributed by atoms with Crippen LogP contribution >= 0.6 is 7.82 Å². The third-order valence-electron chi connectivity index (χ3n) is 8.76. The van der Waals surface area contributed by atoms with E-state index in [2.05, 4.69) is 74.6 Å². The maximum atomic E-state index is 12.6. The predicted octanol–water partition coefficient (Wildman–Crippen LogP) is 11.4. The van der Waals surface area contributed by atoms with Gasteiger partial charge in [-0.05, 0) is 70.6 Å². The van der Waals surface area contributed by atoms with Crippen LogP contribution in [-0.2, 0) is 32.7 Å². The van der Waals surface area contributed by atoms with Gasteiger partial charge in [-0.25, -0.2) is 0 Å². The fourth-order valence-electron chi connectivity index (χ4n) is 5.33. The number of phosphoric ester groups is 1. The van der Waals surface area contributed by atoms with E-state index in [0.717, 1.165) is 70.6 Å². The summed E-state index contributed by atoms with van der Waals surface area (Å²) in [5.74, 6) is -0.917. The summed E-state index contributed by atoms with van der Waals surface area (Å²) in [4.78, 5) is 37.4. The molecule has 1 unspecified atom stereocenters. The van der Waals surface area contributed by atoms with E-state index < -0.39 is 32.5 Å². The van der Waals surface area contributed by atoms with Crippen LogP contribution in [-0.4, -0.2) is 70.0 Å². The van der Waals surface area contributed by atoms with Crippen LogP contribution < -0.4 is 4.89 Å². The Morgan fingerprint density at radius 1 is 0.564 bits per heavy atom. The second kappa shape index (κ2) is 37.3. The lowest BCUT2D eigenvalue weighted by atomic mass is 10.1. The molecule has 0 aromatic carbocycles. The number of rotatable bonds is 38. The van der Waals surface area contributed by atoms with Gasteiger partial charge in [0.15, 0.2) is 6.10 Å². The van der Waals surface area contributed by atoms with E-state index in [0.29, 0.717) is 23.9 Å². The van der Waals surface area contributed by atoms with Crippen LogP contribution in [0.15, 0.2) is 60.8 Å². The number of likely N-dealkylation sites (N-methyl/N-ethyl adjacent to an activating group) is 1. The smallest absolute Gasteiger partial charge is 0.306 e. The molecule has 0 saturated heterocycles. The van der Waals surface area contributed by atoms with Crippen LogP contribution in [0.2, 0.25) is 0 Å². The van der Waals surface area contributed by atoms with Gasteiger partial charge in [0.1, 0.15) is 19.8 Å². The van der Waals surface area contributed by atoms with Gasteiger partial charge in [0, 0.05) is 12.8 Å². The summed E-state index contributed by atoms with van der Waals surface area (Å²) in [6.45, 7) is 4.09. The van der Waals surface area contributed by atoms with Crippen LogP contribution in [0.4, 0.5) is 0 Å². The molecule has 0 fully saturated rings. The molecule has 0 amide bonds. The zero-order valence-electron chi connectivity index (χ0n) is 35.6. The van der Waals surface area contributed by atoms with Crippen molar-refractivity contribution in [2.45, 2.75) is 168 Å². The third-order valence-corrected chi connectivity index (χ3v) is 9.72. The van der Waals surface area contributed by atoms with Crippen LogP contribution in [0.1, 0.15) is 162 Å². The average Bonchev–Trinajstić information content (AvgIpc) is 3.13. The summed E-state index contributed by atoms with van der Waals surface area (Å²) >= 11 is 0. The topological polar surface area (TPSA) is 111 Å². The highest BCUT2D eigenvalue weighted by atomic mass is 31.2. The first-order chi connectivity index (χ1) is 26.5. The first-order valence-corrected chi connectivity index (χ1v) is 23.0. The Hall–Kier alpha value is -2.29. The Morgan fingerprint density at radius 2 is 1.02 bits per heavy atom. The van der Waals surface area contributed by atoms with E-state index in [1.807, 2.05) is 21.1 Å². The first kappa shape index (κ1) is 52.7. The number of hydrogen-bond donors (Lipinski definition) is 0. The molecular weight excluding hydrogens is 713 g/mol. The summed E-state index contributed by atoms with van der Waals surface area (Å²) in [5.41, 5.74) is 0. The van der Waals surface area contributed by atoms with Crippen molar-refractivity contribution in [2.75, 3.05) is 47.5 Å². The molecule has 2 atom stereocenters. The molecule has 0 spiro atoms. The number of unbranched alkanes of at least 4 members (excludes halogenated alkanes) is 14. The van der Waals surface area contributed by atoms with Crippen LogP contribution in [0, 0.1) is 0 Å². The fourth-order valence-corrected chi connectivity index (χ4v) is 6.06. The standard InChI is InChI=1S/C45H80NO8P/c1-6-8-10-12-14-16-18-20-22-23-24-26-27-29-31-33-35-37-44(47)51-41-43(42-53-55(49,50)52-40-39-46(3,4)5)54-45(48)38-36-34-32-30-28-25-21-19-17-15-13-11-9-7-2/h13,15,19-22,24,26,29,31,43H,6-12,14,16-18,23,25,27-28,30,32-42H2,1-5H3/b15-13+,21-19+,22-20+,26-24+,31-29+/t43-/m1/s1. The third kappa shape index (κ3) is 41.2. The van der Waals surface area contributed by atoms with Crippen molar-refractivity contribution in [3.63, 3.8) is 0 Å². The Morgan fingerprint density at radius 3 is 1.56 bits per heavy atom. The number of carbonyl (C=O) groups excluding carboxylic acids is 2. The summed E-state index contributed by atoms with van der Waals surface area (Å²) < 4.78 is 33.8. The van der Waals surface area contributed by atoms with E-state index in [9.17, 15) is 19.0 Å². The zero-order chi connectivity index (χ0) is 40.7. The second-order valence-corrected chi connectivity index (χ2v) is 16.8. The highest BCUT2D eigenvalue weighted by Gasteiger charge is 2.21. The molecule has 0 radical (unpaired) electrons. The lowest BCUT2D eigenvalue weighted by molar-refractivity contribution is -0.870. The molecule has 0 heterocycles. The average molecular weight is 794 g/mol. The maximum Gasteiger partial charge on any atom is 0.306 e. The lowest BCUT2D eigenvalue weighted by Crippen LogP contribution is -2.37. The van der Waals surface area contributed by atoms with Crippen molar-refractivity contribution < 1.29 is 42.1 Å². The van der Waals surface area contributed by atoms with Crippen LogP contribution in [0.25, 0.3) is 0 Å². The Balaban J connectivity index is 4.49. The van der Waals surface area contributed by atoms with Gasteiger partial charge in [0.2, 0.25) is 0 Å². The van der Waals surface area contributed by atoms with Gasteiger partial charge in [-0.2, -0.15) is 0 Å². The van der Waals surface area contributed by atoms with E-state index in [4.69, 9.17) is 18.5 Å². The maximum absolute atomic E-state index is 12.6. The van der Waals surface area contributed by atoms with Gasteiger partial charge in [0.25, 0.3) is 7.82 Å². The molecule has 0 aliphatic heterocycles. The molecule has 10 heteroatoms. The number of carbonyl (C=O) groups is 2. The van der Waals surface area contributed by atoms with Gasteiger partial charge in [-0.15, -0.1) is 0 Å². The number of ether oxygens (including phenoxy) is 2. The Labute approximate surface area is 336 Å². The highest BCUT2D eigenvalue weighted by molar-refractivity contribution is 7.45. The van der Waals surface area contributed by atoms with Crippen molar-refractivity contribution in [3.05, 3.63) is 60.8 Å². The van der Waals surface area contributed by atoms with E-state index in [1.54, 1.807) is 0 Å². The molecule has 9 nitrogen and oxygen atoms in total.